The maximum Gasteiger partial charge on any atom is 0.328 e. The number of hydrogen-bond acceptors (Lipinski definition) is 2. The first-order chi connectivity index (χ1) is 9.56. The first-order valence-corrected chi connectivity index (χ1v) is 6.32. The minimum atomic E-state index is -1.07. The lowest BCUT2D eigenvalue weighted by atomic mass is 10.1. The molecule has 1 aromatic heterocycles. The standard InChI is InChI=1S/C14H12F2N2O2/c15-11-4-1-9(7-12(11)16)13(19)8-17-5-6-18(14(17)20)10-2-3-10/h1,4-7,10H,2-3,8H2. The smallest absolute Gasteiger partial charge is 0.296 e. The largest absolute Gasteiger partial charge is 0.328 e. The highest BCUT2D eigenvalue weighted by molar-refractivity contribution is 5.95. The first kappa shape index (κ1) is 12.8. The summed E-state index contributed by atoms with van der Waals surface area (Å²) in [5.74, 6) is -2.50. The van der Waals surface area contributed by atoms with Gasteiger partial charge in [-0.05, 0) is 31.0 Å². The van der Waals surface area contributed by atoms with Gasteiger partial charge in [-0.1, -0.05) is 0 Å². The molecular formula is C14H12F2N2O2. The predicted molar refractivity (Wildman–Crippen MR) is 67.7 cm³/mol. The van der Waals surface area contributed by atoms with E-state index in [1.807, 2.05) is 0 Å². The highest BCUT2D eigenvalue weighted by Gasteiger charge is 2.25. The van der Waals surface area contributed by atoms with Crippen LogP contribution in [0.4, 0.5) is 8.78 Å². The summed E-state index contributed by atoms with van der Waals surface area (Å²) in [6.07, 6.45) is 5.14. The average Bonchev–Trinajstić information content (AvgIpc) is 3.19. The van der Waals surface area contributed by atoms with Gasteiger partial charge in [-0.25, -0.2) is 13.6 Å². The van der Waals surface area contributed by atoms with Crippen molar-refractivity contribution in [3.8, 4) is 0 Å². The first-order valence-electron chi connectivity index (χ1n) is 6.32. The Morgan fingerprint density at radius 1 is 1.20 bits per heavy atom. The van der Waals surface area contributed by atoms with Crippen molar-refractivity contribution in [1.82, 2.24) is 9.13 Å². The number of hydrogen-bond donors (Lipinski definition) is 0. The third-order valence-electron chi connectivity index (χ3n) is 3.37. The molecule has 1 aliphatic carbocycles. The molecular weight excluding hydrogens is 266 g/mol. The quantitative estimate of drug-likeness (QED) is 0.804. The van der Waals surface area contributed by atoms with Gasteiger partial charge in [0.15, 0.2) is 17.4 Å². The molecule has 20 heavy (non-hydrogen) atoms. The van der Waals surface area contributed by atoms with Crippen molar-refractivity contribution in [1.29, 1.82) is 0 Å². The molecule has 0 bridgehead atoms. The van der Waals surface area contributed by atoms with Crippen LogP contribution in [0.5, 0.6) is 0 Å². The fourth-order valence-corrected chi connectivity index (χ4v) is 2.09. The predicted octanol–water partition coefficient (Wildman–Crippen LogP) is 2.15. The van der Waals surface area contributed by atoms with Gasteiger partial charge < -0.3 is 0 Å². The summed E-state index contributed by atoms with van der Waals surface area (Å²) in [6.45, 7) is -0.177. The summed E-state index contributed by atoms with van der Waals surface area (Å²) in [6, 6.07) is 3.20. The van der Waals surface area contributed by atoms with Crippen LogP contribution in [0, 0.1) is 11.6 Å². The number of ketones is 1. The van der Waals surface area contributed by atoms with Gasteiger partial charge in [0.2, 0.25) is 0 Å². The molecule has 0 radical (unpaired) electrons. The van der Waals surface area contributed by atoms with Crippen molar-refractivity contribution in [2.75, 3.05) is 0 Å². The maximum absolute atomic E-state index is 13.1. The Kier molecular flexibility index (Phi) is 3.00. The van der Waals surface area contributed by atoms with E-state index < -0.39 is 17.4 Å². The number of aromatic nitrogens is 2. The van der Waals surface area contributed by atoms with E-state index in [4.69, 9.17) is 0 Å². The van der Waals surface area contributed by atoms with Gasteiger partial charge in [-0.15, -0.1) is 0 Å². The van der Waals surface area contributed by atoms with Crippen molar-refractivity contribution in [2.24, 2.45) is 0 Å². The van der Waals surface area contributed by atoms with Crippen molar-refractivity contribution >= 4 is 5.78 Å². The molecule has 6 heteroatoms. The van der Waals surface area contributed by atoms with Crippen molar-refractivity contribution in [3.63, 3.8) is 0 Å². The van der Waals surface area contributed by atoms with Crippen LogP contribution in [0.1, 0.15) is 29.2 Å². The van der Waals surface area contributed by atoms with Crippen LogP contribution in [-0.2, 0) is 6.54 Å². The molecule has 104 valence electrons. The number of rotatable bonds is 4. The molecule has 1 heterocycles. The molecule has 0 atom stereocenters. The van der Waals surface area contributed by atoms with Gasteiger partial charge in [0.05, 0.1) is 6.54 Å². The van der Waals surface area contributed by atoms with E-state index in [1.54, 1.807) is 17.0 Å². The van der Waals surface area contributed by atoms with Gasteiger partial charge in [0, 0.05) is 24.0 Å². The molecule has 0 amide bonds. The van der Waals surface area contributed by atoms with E-state index in [9.17, 15) is 18.4 Å². The lowest BCUT2D eigenvalue weighted by Crippen LogP contribution is -2.26. The molecule has 0 unspecified atom stereocenters. The molecule has 2 aromatic rings. The topological polar surface area (TPSA) is 44.0 Å². The van der Waals surface area contributed by atoms with Crippen LogP contribution >= 0.6 is 0 Å². The lowest BCUT2D eigenvalue weighted by Gasteiger charge is -2.02. The number of imidazole rings is 1. The average molecular weight is 278 g/mol. The van der Waals surface area contributed by atoms with E-state index in [-0.39, 0.29) is 23.8 Å². The van der Waals surface area contributed by atoms with Crippen molar-refractivity contribution in [2.45, 2.75) is 25.4 Å². The zero-order valence-corrected chi connectivity index (χ0v) is 10.6. The summed E-state index contributed by atoms with van der Waals surface area (Å²) in [4.78, 5) is 23.9. The van der Waals surface area contributed by atoms with Gasteiger partial charge in [0.1, 0.15) is 0 Å². The normalized spacial score (nSPS) is 14.5. The third kappa shape index (κ3) is 2.29. The monoisotopic (exact) mass is 278 g/mol. The fraction of sp³-hybridized carbons (Fsp3) is 0.286. The summed E-state index contributed by atoms with van der Waals surface area (Å²) in [5.41, 5.74) is -0.196. The minimum Gasteiger partial charge on any atom is -0.296 e. The highest BCUT2D eigenvalue weighted by atomic mass is 19.2. The molecule has 3 rings (SSSR count). The Bertz CT molecular complexity index is 729. The Morgan fingerprint density at radius 3 is 2.60 bits per heavy atom. The highest BCUT2D eigenvalue weighted by Crippen LogP contribution is 2.33. The second-order valence-electron chi connectivity index (χ2n) is 4.90. The van der Waals surface area contributed by atoms with Crippen molar-refractivity contribution in [3.05, 3.63) is 58.3 Å². The molecule has 1 aromatic carbocycles. The fourth-order valence-electron chi connectivity index (χ4n) is 2.09. The Labute approximate surface area is 113 Å². The van der Waals surface area contributed by atoms with Gasteiger partial charge in [-0.2, -0.15) is 0 Å². The third-order valence-corrected chi connectivity index (χ3v) is 3.37. The van der Waals surface area contributed by atoms with Crippen LogP contribution in [-0.4, -0.2) is 14.9 Å². The minimum absolute atomic E-state index is 0.0509. The number of Topliss-reactive ketones (excluding diaryl/α,β-unsaturated/α-hetero) is 1. The molecule has 1 saturated carbocycles. The van der Waals surface area contributed by atoms with Gasteiger partial charge >= 0.3 is 5.69 Å². The number of halogens is 2. The van der Waals surface area contributed by atoms with E-state index in [0.29, 0.717) is 0 Å². The molecule has 0 N–H and O–H groups in total. The zero-order chi connectivity index (χ0) is 14.3. The van der Waals surface area contributed by atoms with Gasteiger partial charge in [0.25, 0.3) is 0 Å². The zero-order valence-electron chi connectivity index (χ0n) is 10.6. The second kappa shape index (κ2) is 4.70. The molecule has 0 spiro atoms. The van der Waals surface area contributed by atoms with Crippen LogP contribution in [0.2, 0.25) is 0 Å². The second-order valence-corrected chi connectivity index (χ2v) is 4.90. The SMILES string of the molecule is O=C(Cn1ccn(C2CC2)c1=O)c1ccc(F)c(F)c1. The molecule has 1 aliphatic rings. The van der Waals surface area contributed by atoms with E-state index in [1.165, 1.54) is 10.6 Å². The summed E-state index contributed by atoms with van der Waals surface area (Å²) in [7, 11) is 0. The Hall–Kier alpha value is -2.24. The number of carbonyl (C=O) groups excluding carboxylic acids is 1. The summed E-state index contributed by atoms with van der Waals surface area (Å²) in [5, 5.41) is 0. The maximum atomic E-state index is 13.1. The summed E-state index contributed by atoms with van der Waals surface area (Å²) < 4.78 is 28.8. The van der Waals surface area contributed by atoms with Crippen LogP contribution in [0.25, 0.3) is 0 Å². The van der Waals surface area contributed by atoms with E-state index >= 15 is 0 Å². The van der Waals surface area contributed by atoms with Gasteiger partial charge in [-0.3, -0.25) is 13.9 Å². The number of benzene rings is 1. The lowest BCUT2D eigenvalue weighted by molar-refractivity contribution is 0.0970. The van der Waals surface area contributed by atoms with Crippen LogP contribution in [0.3, 0.4) is 0 Å². The summed E-state index contributed by atoms with van der Waals surface area (Å²) >= 11 is 0. The molecule has 0 aliphatic heterocycles. The number of nitrogens with zero attached hydrogens (tertiary/aromatic N) is 2. The Balaban J connectivity index is 1.81. The molecule has 0 saturated heterocycles. The Morgan fingerprint density at radius 2 is 1.95 bits per heavy atom. The van der Waals surface area contributed by atoms with E-state index in [2.05, 4.69) is 0 Å². The number of carbonyl (C=O) groups is 1. The van der Waals surface area contributed by atoms with Crippen molar-refractivity contribution < 1.29 is 13.6 Å². The molecule has 1 fully saturated rings. The van der Waals surface area contributed by atoms with Crippen LogP contribution in [0.15, 0.2) is 35.4 Å². The van der Waals surface area contributed by atoms with E-state index in [0.717, 1.165) is 25.0 Å². The molecule has 4 nitrogen and oxygen atoms in total. The van der Waals surface area contributed by atoms with Crippen LogP contribution < -0.4 is 5.69 Å².